The number of nitrogens with zero attached hydrogens (tertiary/aromatic N) is 1. The zero-order chi connectivity index (χ0) is 7.40. The van der Waals surface area contributed by atoms with Crippen molar-refractivity contribution in [1.29, 1.82) is 0 Å². The Bertz CT molecular complexity index is 171. The van der Waals surface area contributed by atoms with Crippen molar-refractivity contribution in [3.05, 3.63) is 0 Å². The Hall–Kier alpha value is 0.220. The van der Waals surface area contributed by atoms with E-state index in [0.29, 0.717) is 4.43 Å². The lowest BCUT2D eigenvalue weighted by Crippen LogP contribution is -2.27. The van der Waals surface area contributed by atoms with Gasteiger partial charge in [-0.25, -0.2) is 0 Å². The molecule has 0 aromatic carbocycles. The molecule has 1 N–H and O–H groups in total. The second-order valence-corrected chi connectivity index (χ2v) is 3.56. The van der Waals surface area contributed by atoms with E-state index >= 15 is 0 Å². The summed E-state index contributed by atoms with van der Waals surface area (Å²) in [6.45, 7) is 0.835. The van der Waals surface area contributed by atoms with Crippen molar-refractivity contribution < 1.29 is 4.79 Å². The second-order valence-electron chi connectivity index (χ2n) is 1.72. The lowest BCUT2D eigenvalue weighted by molar-refractivity contribution is -0.116. The molecule has 0 saturated carbocycles. The summed E-state index contributed by atoms with van der Waals surface area (Å²) in [6, 6.07) is 0. The van der Waals surface area contributed by atoms with E-state index in [1.165, 1.54) is 0 Å². The summed E-state index contributed by atoms with van der Waals surface area (Å²) in [5.74, 6) is 1.03. The molecule has 0 aliphatic carbocycles. The molecule has 0 bridgehead atoms. The minimum atomic E-state index is 0.0359. The molecule has 0 saturated heterocycles. The van der Waals surface area contributed by atoms with E-state index in [0.717, 1.165) is 17.5 Å². The van der Waals surface area contributed by atoms with Gasteiger partial charge < -0.3 is 5.32 Å². The highest BCUT2D eigenvalue weighted by atomic mass is 127. The van der Waals surface area contributed by atoms with Crippen LogP contribution in [0.3, 0.4) is 0 Å². The van der Waals surface area contributed by atoms with Crippen LogP contribution in [0.5, 0.6) is 0 Å². The number of thioether (sulfide) groups is 1. The van der Waals surface area contributed by atoms with Crippen LogP contribution >= 0.6 is 34.4 Å². The zero-order valence-corrected chi connectivity index (χ0v) is 8.24. The quantitative estimate of drug-likeness (QED) is 0.561. The summed E-state index contributed by atoms with van der Waals surface area (Å²) in [4.78, 5) is 14.8. The molecule has 10 heavy (non-hydrogen) atoms. The maximum Gasteiger partial charge on any atom is 0.235 e. The molecule has 1 heterocycles. The lowest BCUT2D eigenvalue weighted by atomic mass is 10.7. The predicted octanol–water partition coefficient (Wildman–Crippen LogP) is 0.640. The second kappa shape index (κ2) is 4.17. The summed E-state index contributed by atoms with van der Waals surface area (Å²) in [6.07, 6.45) is 0. The number of alkyl halides is 1. The van der Waals surface area contributed by atoms with Crippen LogP contribution in [0.15, 0.2) is 4.99 Å². The largest absolute Gasteiger partial charge is 0.305 e. The Kier molecular flexibility index (Phi) is 3.47. The number of carbonyl (C=O) groups excluding carboxylic acids is 1. The van der Waals surface area contributed by atoms with Crippen molar-refractivity contribution in [3.8, 4) is 0 Å². The summed E-state index contributed by atoms with van der Waals surface area (Å²) in [5.41, 5.74) is 0. The number of halogens is 1. The average Bonchev–Trinajstić information content (AvgIpc) is 2.40. The number of aliphatic imine (C=N–C) groups is 1. The first kappa shape index (κ1) is 8.32. The van der Waals surface area contributed by atoms with Crippen LogP contribution in [0, 0.1) is 0 Å². The number of nitrogens with one attached hydrogen (secondary N) is 1. The number of rotatable bonds is 1. The van der Waals surface area contributed by atoms with Crippen molar-refractivity contribution in [2.75, 3.05) is 16.7 Å². The molecule has 1 aliphatic heterocycles. The van der Waals surface area contributed by atoms with Gasteiger partial charge in [-0.05, 0) is 0 Å². The van der Waals surface area contributed by atoms with Crippen molar-refractivity contribution in [2.45, 2.75) is 0 Å². The fourth-order valence-electron chi connectivity index (χ4n) is 0.563. The molecule has 1 amide bonds. The standard InChI is InChI=1S/C5H7IN2OS/c6-3-4(9)8-5-7-1-2-10-5/h1-3H2,(H,7,8,9). The first-order valence-electron chi connectivity index (χ1n) is 2.86. The maximum atomic E-state index is 10.8. The Morgan fingerprint density at radius 3 is 3.20 bits per heavy atom. The molecule has 1 rings (SSSR count). The van der Waals surface area contributed by atoms with Crippen molar-refractivity contribution in [3.63, 3.8) is 0 Å². The third kappa shape index (κ3) is 2.45. The van der Waals surface area contributed by atoms with Crippen molar-refractivity contribution in [2.24, 2.45) is 4.99 Å². The van der Waals surface area contributed by atoms with Crippen LogP contribution in [0.4, 0.5) is 0 Å². The van der Waals surface area contributed by atoms with Crippen LogP contribution < -0.4 is 5.32 Å². The van der Waals surface area contributed by atoms with Gasteiger partial charge in [0.15, 0.2) is 5.17 Å². The van der Waals surface area contributed by atoms with Gasteiger partial charge in [-0.1, -0.05) is 34.4 Å². The third-order valence-electron chi connectivity index (χ3n) is 0.953. The zero-order valence-electron chi connectivity index (χ0n) is 5.26. The molecular formula is C5H7IN2OS. The summed E-state index contributed by atoms with van der Waals surface area (Å²) >= 11 is 3.62. The van der Waals surface area contributed by atoms with E-state index in [-0.39, 0.29) is 5.91 Å². The molecular weight excluding hydrogens is 263 g/mol. The van der Waals surface area contributed by atoms with Crippen LogP contribution in [-0.2, 0) is 4.79 Å². The van der Waals surface area contributed by atoms with Gasteiger partial charge in [0.1, 0.15) is 0 Å². The molecule has 1 aliphatic rings. The first-order valence-corrected chi connectivity index (χ1v) is 5.37. The monoisotopic (exact) mass is 270 g/mol. The van der Waals surface area contributed by atoms with Gasteiger partial charge >= 0.3 is 0 Å². The molecule has 0 spiro atoms. The Balaban J connectivity index is 2.30. The molecule has 3 nitrogen and oxygen atoms in total. The number of hydrogen-bond donors (Lipinski definition) is 1. The number of hydrogen-bond acceptors (Lipinski definition) is 3. The van der Waals surface area contributed by atoms with Crippen molar-refractivity contribution in [1.82, 2.24) is 5.32 Å². The SMILES string of the molecule is O=C(CI)NC1=NCCS1. The summed E-state index contributed by atoms with van der Waals surface area (Å²) < 4.78 is 0.497. The fourth-order valence-corrected chi connectivity index (χ4v) is 1.50. The molecule has 0 radical (unpaired) electrons. The summed E-state index contributed by atoms with van der Waals surface area (Å²) in [7, 11) is 0. The molecule has 5 heteroatoms. The molecule has 0 unspecified atom stereocenters. The highest BCUT2D eigenvalue weighted by molar-refractivity contribution is 14.1. The molecule has 0 atom stereocenters. The van der Waals surface area contributed by atoms with Crippen LogP contribution in [0.2, 0.25) is 0 Å². The smallest absolute Gasteiger partial charge is 0.235 e. The summed E-state index contributed by atoms with van der Waals surface area (Å²) in [5, 5.41) is 3.47. The van der Waals surface area contributed by atoms with Gasteiger partial charge in [-0.15, -0.1) is 0 Å². The van der Waals surface area contributed by atoms with Gasteiger partial charge in [0.2, 0.25) is 5.91 Å². The van der Waals surface area contributed by atoms with Gasteiger partial charge in [-0.3, -0.25) is 9.79 Å². The lowest BCUT2D eigenvalue weighted by Gasteiger charge is -1.98. The fraction of sp³-hybridized carbons (Fsp3) is 0.600. The third-order valence-corrected chi connectivity index (χ3v) is 2.54. The van der Waals surface area contributed by atoms with E-state index < -0.39 is 0 Å². The van der Waals surface area contributed by atoms with Gasteiger partial charge in [-0.2, -0.15) is 0 Å². The van der Waals surface area contributed by atoms with Gasteiger partial charge in [0, 0.05) is 5.75 Å². The molecule has 0 fully saturated rings. The average molecular weight is 270 g/mol. The maximum absolute atomic E-state index is 10.8. The van der Waals surface area contributed by atoms with Crippen LogP contribution in [0.25, 0.3) is 0 Å². The van der Waals surface area contributed by atoms with Crippen LogP contribution in [-0.4, -0.2) is 27.8 Å². The Morgan fingerprint density at radius 1 is 1.90 bits per heavy atom. The molecule has 0 aromatic heterocycles. The molecule has 0 aromatic rings. The Labute approximate surface area is 77.2 Å². The minimum absolute atomic E-state index is 0.0359. The van der Waals surface area contributed by atoms with E-state index in [1.807, 2.05) is 22.6 Å². The van der Waals surface area contributed by atoms with E-state index in [1.54, 1.807) is 11.8 Å². The van der Waals surface area contributed by atoms with Crippen LogP contribution in [0.1, 0.15) is 0 Å². The van der Waals surface area contributed by atoms with E-state index in [2.05, 4.69) is 10.3 Å². The number of amidine groups is 1. The first-order chi connectivity index (χ1) is 4.83. The number of amides is 1. The highest BCUT2D eigenvalue weighted by Gasteiger charge is 2.08. The Morgan fingerprint density at radius 2 is 2.70 bits per heavy atom. The minimum Gasteiger partial charge on any atom is -0.305 e. The predicted molar refractivity (Wildman–Crippen MR) is 51.8 cm³/mol. The highest BCUT2D eigenvalue weighted by Crippen LogP contribution is 2.08. The number of carbonyl (C=O) groups is 1. The van der Waals surface area contributed by atoms with Gasteiger partial charge in [0.05, 0.1) is 11.0 Å². The topological polar surface area (TPSA) is 41.5 Å². The van der Waals surface area contributed by atoms with E-state index in [4.69, 9.17) is 0 Å². The van der Waals surface area contributed by atoms with Gasteiger partial charge in [0.25, 0.3) is 0 Å². The normalized spacial score (nSPS) is 16.7. The molecule has 56 valence electrons. The van der Waals surface area contributed by atoms with Crippen molar-refractivity contribution >= 4 is 45.4 Å². The van der Waals surface area contributed by atoms with E-state index in [9.17, 15) is 4.79 Å².